The highest BCUT2D eigenvalue weighted by molar-refractivity contribution is 7.98. The predicted molar refractivity (Wildman–Crippen MR) is 69.9 cm³/mol. The molecule has 0 spiro atoms. The van der Waals surface area contributed by atoms with Gasteiger partial charge in [0.15, 0.2) is 5.16 Å². The second-order valence-corrected chi connectivity index (χ2v) is 4.18. The molecule has 2 aromatic heterocycles. The molecule has 2 N–H and O–H groups in total. The average Bonchev–Trinajstić information content (AvgIpc) is 2.74. The SMILES string of the molecule is CNc1cc(Nc2cnn(C)c2)nc(SC)n1. The van der Waals surface area contributed by atoms with Crippen molar-refractivity contribution >= 4 is 29.1 Å². The molecule has 90 valence electrons. The van der Waals surface area contributed by atoms with Crippen molar-refractivity contribution in [2.75, 3.05) is 23.9 Å². The van der Waals surface area contributed by atoms with E-state index in [2.05, 4.69) is 25.7 Å². The van der Waals surface area contributed by atoms with Crippen molar-refractivity contribution in [2.45, 2.75) is 5.16 Å². The molecule has 0 atom stereocenters. The first-order chi connectivity index (χ1) is 8.21. The largest absolute Gasteiger partial charge is 0.373 e. The number of thioether (sulfide) groups is 1. The molecule has 0 radical (unpaired) electrons. The van der Waals surface area contributed by atoms with E-state index in [0.717, 1.165) is 22.5 Å². The predicted octanol–water partition coefficient (Wildman–Crippen LogP) is 1.72. The van der Waals surface area contributed by atoms with Gasteiger partial charge in [-0.25, -0.2) is 9.97 Å². The molecule has 0 aliphatic carbocycles. The van der Waals surface area contributed by atoms with E-state index in [-0.39, 0.29) is 0 Å². The molecule has 0 saturated heterocycles. The average molecular weight is 250 g/mol. The van der Waals surface area contributed by atoms with E-state index >= 15 is 0 Å². The van der Waals surface area contributed by atoms with Gasteiger partial charge in [0.1, 0.15) is 11.6 Å². The molecule has 17 heavy (non-hydrogen) atoms. The standard InChI is InChI=1S/C10H14N6S/c1-11-8-4-9(15-10(14-8)17-3)13-7-5-12-16(2)6-7/h4-6H,1-3H3,(H2,11,13,14,15). The number of hydrogen-bond donors (Lipinski definition) is 2. The number of hydrogen-bond acceptors (Lipinski definition) is 6. The molecule has 0 amide bonds. The van der Waals surface area contributed by atoms with Crippen molar-refractivity contribution < 1.29 is 0 Å². The van der Waals surface area contributed by atoms with E-state index in [4.69, 9.17) is 0 Å². The molecule has 2 aromatic rings. The van der Waals surface area contributed by atoms with Crippen LogP contribution < -0.4 is 10.6 Å². The fraction of sp³-hybridized carbons (Fsp3) is 0.300. The summed E-state index contributed by atoms with van der Waals surface area (Å²) in [5.74, 6) is 1.54. The monoisotopic (exact) mass is 250 g/mol. The maximum absolute atomic E-state index is 4.37. The van der Waals surface area contributed by atoms with Crippen LogP contribution in [0.4, 0.5) is 17.3 Å². The summed E-state index contributed by atoms with van der Waals surface area (Å²) in [5, 5.41) is 11.0. The molecule has 2 heterocycles. The Labute approximate surface area is 104 Å². The summed E-state index contributed by atoms with van der Waals surface area (Å²) in [6, 6.07) is 1.85. The summed E-state index contributed by atoms with van der Waals surface area (Å²) in [5.41, 5.74) is 0.903. The second kappa shape index (κ2) is 5.05. The number of rotatable bonds is 4. The lowest BCUT2D eigenvalue weighted by molar-refractivity contribution is 0.768. The van der Waals surface area contributed by atoms with Crippen LogP contribution in [-0.2, 0) is 7.05 Å². The number of anilines is 3. The summed E-state index contributed by atoms with van der Waals surface area (Å²) in [6.07, 6.45) is 5.59. The van der Waals surface area contributed by atoms with Gasteiger partial charge in [-0.15, -0.1) is 0 Å². The van der Waals surface area contributed by atoms with Crippen LogP contribution in [-0.4, -0.2) is 33.1 Å². The summed E-state index contributed by atoms with van der Waals surface area (Å²) < 4.78 is 1.73. The Morgan fingerprint density at radius 1 is 1.29 bits per heavy atom. The van der Waals surface area contributed by atoms with Gasteiger partial charge in [-0.05, 0) is 6.26 Å². The molecule has 0 aliphatic rings. The summed E-state index contributed by atoms with van der Waals surface area (Å²) in [7, 11) is 3.71. The zero-order valence-corrected chi connectivity index (χ0v) is 10.7. The van der Waals surface area contributed by atoms with Gasteiger partial charge in [-0.3, -0.25) is 4.68 Å². The maximum atomic E-state index is 4.37. The summed E-state index contributed by atoms with van der Waals surface area (Å²) in [6.45, 7) is 0. The van der Waals surface area contributed by atoms with E-state index in [1.165, 1.54) is 11.8 Å². The Balaban J connectivity index is 2.25. The van der Waals surface area contributed by atoms with Gasteiger partial charge < -0.3 is 10.6 Å². The van der Waals surface area contributed by atoms with Crippen LogP contribution in [0.25, 0.3) is 0 Å². The molecule has 0 aromatic carbocycles. The van der Waals surface area contributed by atoms with E-state index in [1.54, 1.807) is 10.9 Å². The van der Waals surface area contributed by atoms with Crippen molar-refractivity contribution in [2.24, 2.45) is 7.05 Å². The van der Waals surface area contributed by atoms with Crippen LogP contribution in [0.2, 0.25) is 0 Å². The van der Waals surface area contributed by atoms with Gasteiger partial charge in [0.05, 0.1) is 11.9 Å². The van der Waals surface area contributed by atoms with Crippen molar-refractivity contribution in [3.63, 3.8) is 0 Å². The summed E-state index contributed by atoms with van der Waals surface area (Å²) in [4.78, 5) is 8.67. The molecule has 0 fully saturated rings. The Morgan fingerprint density at radius 2 is 2.06 bits per heavy atom. The highest BCUT2D eigenvalue weighted by Crippen LogP contribution is 2.19. The van der Waals surface area contributed by atoms with Crippen molar-refractivity contribution in [1.82, 2.24) is 19.7 Å². The number of aryl methyl sites for hydroxylation is 1. The fourth-order valence-corrected chi connectivity index (χ4v) is 1.72. The first-order valence-corrected chi connectivity index (χ1v) is 6.30. The third-order valence-electron chi connectivity index (χ3n) is 2.12. The highest BCUT2D eigenvalue weighted by Gasteiger charge is 2.04. The molecule has 2 rings (SSSR count). The van der Waals surface area contributed by atoms with Gasteiger partial charge in [0.2, 0.25) is 0 Å². The number of aromatic nitrogens is 4. The van der Waals surface area contributed by atoms with Crippen molar-refractivity contribution in [3.8, 4) is 0 Å². The van der Waals surface area contributed by atoms with Crippen LogP contribution in [0.5, 0.6) is 0 Å². The van der Waals surface area contributed by atoms with E-state index < -0.39 is 0 Å². The third kappa shape index (κ3) is 2.88. The molecule has 7 heteroatoms. The lowest BCUT2D eigenvalue weighted by Crippen LogP contribution is -2.00. The van der Waals surface area contributed by atoms with Crippen LogP contribution >= 0.6 is 11.8 Å². The molecule has 6 nitrogen and oxygen atoms in total. The van der Waals surface area contributed by atoms with Crippen molar-refractivity contribution in [3.05, 3.63) is 18.5 Å². The minimum absolute atomic E-state index is 0.725. The smallest absolute Gasteiger partial charge is 0.191 e. The van der Waals surface area contributed by atoms with Gasteiger partial charge in [-0.1, -0.05) is 11.8 Å². The molecular weight excluding hydrogens is 236 g/mol. The number of nitrogens with zero attached hydrogens (tertiary/aromatic N) is 4. The Hall–Kier alpha value is -1.76. The molecule has 0 aliphatic heterocycles. The number of nitrogens with one attached hydrogen (secondary N) is 2. The minimum atomic E-state index is 0.725. The Morgan fingerprint density at radius 3 is 2.65 bits per heavy atom. The fourth-order valence-electron chi connectivity index (χ4n) is 1.34. The Kier molecular flexibility index (Phi) is 3.48. The van der Waals surface area contributed by atoms with Crippen molar-refractivity contribution in [1.29, 1.82) is 0 Å². The lowest BCUT2D eigenvalue weighted by atomic mass is 10.5. The minimum Gasteiger partial charge on any atom is -0.373 e. The van der Waals surface area contributed by atoms with Gasteiger partial charge in [-0.2, -0.15) is 5.10 Å². The normalized spacial score (nSPS) is 10.3. The topological polar surface area (TPSA) is 67.7 Å². The Bertz CT molecular complexity index is 487. The van der Waals surface area contributed by atoms with Gasteiger partial charge in [0.25, 0.3) is 0 Å². The highest BCUT2D eigenvalue weighted by atomic mass is 32.2. The van der Waals surface area contributed by atoms with E-state index in [1.807, 2.05) is 32.6 Å². The quantitative estimate of drug-likeness (QED) is 0.636. The van der Waals surface area contributed by atoms with Crippen LogP contribution in [0.15, 0.2) is 23.6 Å². The molecule has 0 bridgehead atoms. The van der Waals surface area contributed by atoms with Crippen LogP contribution in [0.3, 0.4) is 0 Å². The second-order valence-electron chi connectivity index (χ2n) is 3.40. The molecule has 0 unspecified atom stereocenters. The van der Waals surface area contributed by atoms with Crippen LogP contribution in [0, 0.1) is 0 Å². The zero-order chi connectivity index (χ0) is 12.3. The maximum Gasteiger partial charge on any atom is 0.191 e. The first-order valence-electron chi connectivity index (χ1n) is 5.08. The first kappa shape index (κ1) is 11.7. The molecular formula is C10H14N6S. The lowest BCUT2D eigenvalue weighted by Gasteiger charge is -2.06. The summed E-state index contributed by atoms with van der Waals surface area (Å²) >= 11 is 1.51. The van der Waals surface area contributed by atoms with E-state index in [9.17, 15) is 0 Å². The zero-order valence-electron chi connectivity index (χ0n) is 9.93. The molecule has 0 saturated carbocycles. The van der Waals surface area contributed by atoms with E-state index in [0.29, 0.717) is 0 Å². The third-order valence-corrected chi connectivity index (χ3v) is 2.67. The van der Waals surface area contributed by atoms with Gasteiger partial charge >= 0.3 is 0 Å². The van der Waals surface area contributed by atoms with Crippen LogP contribution in [0.1, 0.15) is 0 Å². The van der Waals surface area contributed by atoms with Gasteiger partial charge in [0, 0.05) is 26.4 Å².